The van der Waals surface area contributed by atoms with Gasteiger partial charge in [0, 0.05) is 6.42 Å². The zero-order valence-corrected chi connectivity index (χ0v) is 17.4. The van der Waals surface area contributed by atoms with Crippen LogP contribution in [0.25, 0.3) is 0 Å². The summed E-state index contributed by atoms with van der Waals surface area (Å²) >= 11 is 0. The van der Waals surface area contributed by atoms with Gasteiger partial charge in [0.15, 0.2) is 0 Å². The van der Waals surface area contributed by atoms with Crippen molar-refractivity contribution in [2.45, 2.75) is 39.5 Å². The van der Waals surface area contributed by atoms with Crippen LogP contribution in [-0.2, 0) is 0 Å². The van der Waals surface area contributed by atoms with Gasteiger partial charge in [0.05, 0.1) is 5.31 Å². The second-order valence-electron chi connectivity index (χ2n) is 6.91. The Labute approximate surface area is 165 Å². The van der Waals surface area contributed by atoms with Crippen molar-refractivity contribution in [1.29, 1.82) is 0 Å². The molecule has 1 heteroatoms. The van der Waals surface area contributed by atoms with Crippen molar-refractivity contribution >= 4 is 23.2 Å². The van der Waals surface area contributed by atoms with Gasteiger partial charge in [-0.2, -0.15) is 0 Å². The largest absolute Gasteiger partial charge is 0.139 e. The van der Waals surface area contributed by atoms with Gasteiger partial charge < -0.3 is 0 Å². The molecule has 3 rings (SSSR count). The molecule has 0 aliphatic carbocycles. The van der Waals surface area contributed by atoms with E-state index in [1.54, 1.807) is 5.31 Å². The summed E-state index contributed by atoms with van der Waals surface area (Å²) in [6, 6.07) is 33.6. The van der Waals surface area contributed by atoms with Crippen LogP contribution in [0.4, 0.5) is 0 Å². The summed E-state index contributed by atoms with van der Waals surface area (Å²) in [5, 5.41) is 5.99. The highest BCUT2D eigenvalue weighted by atomic mass is 31.2. The van der Waals surface area contributed by atoms with Crippen LogP contribution in [0.3, 0.4) is 0 Å². The zero-order chi connectivity index (χ0) is 19.0. The second-order valence-corrected chi connectivity index (χ2v) is 10.4. The molecule has 0 amide bonds. The summed E-state index contributed by atoms with van der Waals surface area (Å²) < 4.78 is 0. The van der Waals surface area contributed by atoms with E-state index in [2.05, 4.69) is 111 Å². The minimum Gasteiger partial charge on any atom is -0.0651 e. The fourth-order valence-electron chi connectivity index (χ4n) is 3.87. The average Bonchev–Trinajstić information content (AvgIpc) is 2.75. The third kappa shape index (κ3) is 4.07. The maximum absolute atomic E-state index is 2.55. The lowest BCUT2D eigenvalue weighted by Crippen LogP contribution is -2.32. The van der Waals surface area contributed by atoms with Crippen molar-refractivity contribution in [3.63, 3.8) is 0 Å². The minimum absolute atomic E-state index is 1.14. The molecule has 0 nitrogen and oxygen atoms in total. The highest BCUT2D eigenvalue weighted by molar-refractivity contribution is 7.99. The van der Waals surface area contributed by atoms with Crippen LogP contribution in [-0.4, -0.2) is 0 Å². The summed E-state index contributed by atoms with van der Waals surface area (Å²) in [5.41, 5.74) is 0. The zero-order valence-electron chi connectivity index (χ0n) is 16.5. The first kappa shape index (κ1) is 19.6. The van der Waals surface area contributed by atoms with Crippen molar-refractivity contribution < 1.29 is 0 Å². The van der Waals surface area contributed by atoms with Gasteiger partial charge in [-0.25, -0.2) is 0 Å². The van der Waals surface area contributed by atoms with Crippen molar-refractivity contribution in [3.05, 3.63) is 102 Å². The Morgan fingerprint density at radius 3 is 1.37 bits per heavy atom. The lowest BCUT2D eigenvalue weighted by Gasteiger charge is -2.29. The normalized spacial score (nSPS) is 12.1. The lowest BCUT2D eigenvalue weighted by molar-refractivity contribution is 0.910. The van der Waals surface area contributed by atoms with Gasteiger partial charge in [-0.3, -0.25) is 0 Å². The number of unbranched alkanes of at least 4 members (excludes halogenated alkanes) is 1. The first-order valence-corrected chi connectivity index (χ1v) is 11.9. The third-order valence-corrected chi connectivity index (χ3v) is 9.52. The van der Waals surface area contributed by atoms with Gasteiger partial charge in [-0.05, 0) is 55.3 Å². The SMILES string of the molecule is CCC/C=C(\CCC)[P+](c1ccccc1)(c1ccccc1)c1ccccc1. The van der Waals surface area contributed by atoms with Crippen LogP contribution in [0, 0.1) is 0 Å². The minimum atomic E-state index is -1.85. The van der Waals surface area contributed by atoms with E-state index in [1.165, 1.54) is 28.8 Å². The molecular formula is C26H30P+. The number of hydrogen-bond donors (Lipinski definition) is 0. The molecule has 3 aromatic carbocycles. The number of rotatable bonds is 8. The van der Waals surface area contributed by atoms with E-state index in [1.807, 2.05) is 0 Å². The van der Waals surface area contributed by atoms with Gasteiger partial charge in [-0.15, -0.1) is 0 Å². The van der Waals surface area contributed by atoms with Crippen LogP contribution in [0.1, 0.15) is 39.5 Å². The molecule has 0 aliphatic rings. The molecule has 0 N–H and O–H groups in total. The van der Waals surface area contributed by atoms with E-state index in [4.69, 9.17) is 0 Å². The molecule has 0 heterocycles. The maximum atomic E-state index is 2.55. The molecule has 0 saturated carbocycles. The van der Waals surface area contributed by atoms with E-state index in [9.17, 15) is 0 Å². The summed E-state index contributed by atoms with van der Waals surface area (Å²) in [5.74, 6) is 0. The Morgan fingerprint density at radius 2 is 1.04 bits per heavy atom. The number of allylic oxidation sites excluding steroid dienone is 2. The monoisotopic (exact) mass is 373 g/mol. The molecule has 0 bridgehead atoms. The van der Waals surface area contributed by atoms with Crippen LogP contribution < -0.4 is 15.9 Å². The fraction of sp³-hybridized carbons (Fsp3) is 0.231. The van der Waals surface area contributed by atoms with Gasteiger partial charge in [0.2, 0.25) is 0 Å². The van der Waals surface area contributed by atoms with Crippen molar-refractivity contribution in [2.24, 2.45) is 0 Å². The van der Waals surface area contributed by atoms with Gasteiger partial charge in [0.25, 0.3) is 0 Å². The van der Waals surface area contributed by atoms with Gasteiger partial charge in [0.1, 0.15) is 23.2 Å². The topological polar surface area (TPSA) is 0 Å². The predicted molar refractivity (Wildman–Crippen MR) is 123 cm³/mol. The smallest absolute Gasteiger partial charge is 0.0651 e. The lowest BCUT2D eigenvalue weighted by atomic mass is 10.2. The van der Waals surface area contributed by atoms with E-state index in [-0.39, 0.29) is 0 Å². The summed E-state index contributed by atoms with van der Waals surface area (Å²) in [4.78, 5) is 0. The quantitative estimate of drug-likeness (QED) is 0.397. The molecule has 0 saturated heterocycles. The van der Waals surface area contributed by atoms with E-state index in [0.717, 1.165) is 12.8 Å². The average molecular weight is 374 g/mol. The van der Waals surface area contributed by atoms with E-state index < -0.39 is 7.26 Å². The van der Waals surface area contributed by atoms with Crippen LogP contribution in [0.2, 0.25) is 0 Å². The predicted octanol–water partition coefficient (Wildman–Crippen LogP) is 6.46. The summed E-state index contributed by atoms with van der Waals surface area (Å²) in [7, 11) is -1.85. The van der Waals surface area contributed by atoms with Crippen molar-refractivity contribution in [1.82, 2.24) is 0 Å². The second kappa shape index (κ2) is 9.67. The third-order valence-electron chi connectivity index (χ3n) is 5.04. The molecule has 0 unspecified atom stereocenters. The van der Waals surface area contributed by atoms with Crippen LogP contribution >= 0.6 is 7.26 Å². The van der Waals surface area contributed by atoms with Gasteiger partial charge >= 0.3 is 0 Å². The Balaban J connectivity index is 2.38. The molecule has 138 valence electrons. The standard InChI is InChI=1S/C26H30P/c1-3-5-16-23(15-4-2)27(24-17-9-6-10-18-24,25-19-11-7-12-20-25)26-21-13-8-14-22-26/h6-14,16-22H,3-5,15H2,1-2H3/q+1/b23-16+. The molecule has 0 aliphatic heterocycles. The molecule has 0 atom stereocenters. The highest BCUT2D eigenvalue weighted by Gasteiger charge is 2.48. The van der Waals surface area contributed by atoms with E-state index >= 15 is 0 Å². The molecule has 0 aromatic heterocycles. The number of hydrogen-bond acceptors (Lipinski definition) is 0. The first-order valence-electron chi connectivity index (χ1n) is 10.1. The Morgan fingerprint density at radius 1 is 0.630 bits per heavy atom. The molecule has 0 spiro atoms. The molecular weight excluding hydrogens is 343 g/mol. The highest BCUT2D eigenvalue weighted by Crippen LogP contribution is 2.63. The van der Waals surface area contributed by atoms with Gasteiger partial charge in [-0.1, -0.05) is 74.9 Å². The van der Waals surface area contributed by atoms with Crippen LogP contribution in [0.5, 0.6) is 0 Å². The Bertz CT molecular complexity index is 738. The summed E-state index contributed by atoms with van der Waals surface area (Å²) in [6.45, 7) is 4.57. The molecule has 0 radical (unpaired) electrons. The Kier molecular flexibility index (Phi) is 7.02. The molecule has 0 fully saturated rings. The fourth-order valence-corrected chi connectivity index (χ4v) is 8.58. The van der Waals surface area contributed by atoms with Crippen LogP contribution in [0.15, 0.2) is 102 Å². The molecule has 27 heavy (non-hydrogen) atoms. The Hall–Kier alpha value is -2.17. The van der Waals surface area contributed by atoms with E-state index in [0.29, 0.717) is 0 Å². The van der Waals surface area contributed by atoms with Crippen molar-refractivity contribution in [2.75, 3.05) is 0 Å². The summed E-state index contributed by atoms with van der Waals surface area (Å²) in [6.07, 6.45) is 7.19. The maximum Gasteiger partial charge on any atom is 0.139 e. The number of benzene rings is 3. The van der Waals surface area contributed by atoms with Crippen molar-refractivity contribution in [3.8, 4) is 0 Å². The first-order chi connectivity index (χ1) is 13.3. The molecule has 3 aromatic rings.